The zero-order chi connectivity index (χ0) is 18.6. The highest BCUT2D eigenvalue weighted by molar-refractivity contribution is 7.92. The molecule has 1 aliphatic rings. The molecular weight excluding hydrogens is 370 g/mol. The van der Waals surface area contributed by atoms with Crippen molar-refractivity contribution in [2.75, 3.05) is 16.3 Å². The molecule has 1 saturated carbocycles. The second-order valence-electron chi connectivity index (χ2n) is 6.05. The first-order valence-electron chi connectivity index (χ1n) is 7.71. The summed E-state index contributed by atoms with van der Waals surface area (Å²) >= 11 is 6.00. The van der Waals surface area contributed by atoms with Gasteiger partial charge in [0.05, 0.1) is 22.9 Å². The van der Waals surface area contributed by atoms with Crippen molar-refractivity contribution in [1.82, 2.24) is 5.32 Å². The van der Waals surface area contributed by atoms with Crippen molar-refractivity contribution in [3.63, 3.8) is 0 Å². The Morgan fingerprint density at radius 1 is 1.20 bits per heavy atom. The van der Waals surface area contributed by atoms with Gasteiger partial charge in [-0.05, 0) is 43.9 Å². The van der Waals surface area contributed by atoms with Crippen LogP contribution < -0.4 is 15.4 Å². The number of anilines is 2. The van der Waals surface area contributed by atoms with E-state index in [9.17, 15) is 18.0 Å². The molecule has 0 heterocycles. The molecule has 0 unspecified atom stereocenters. The number of carboxylic acid groups (broad SMARTS) is 1. The van der Waals surface area contributed by atoms with Crippen LogP contribution in [0.2, 0.25) is 5.02 Å². The molecule has 0 aliphatic heterocycles. The maximum absolute atomic E-state index is 12.0. The summed E-state index contributed by atoms with van der Waals surface area (Å²) < 4.78 is 24.7. The first-order valence-corrected chi connectivity index (χ1v) is 9.98. The average molecular weight is 390 g/mol. The van der Waals surface area contributed by atoms with Crippen LogP contribution in [0, 0.1) is 5.92 Å². The highest BCUT2D eigenvalue weighted by Crippen LogP contribution is 2.27. The fraction of sp³-hybridized carbons (Fsp3) is 0.467. The Morgan fingerprint density at radius 2 is 1.84 bits per heavy atom. The predicted octanol–water partition coefficient (Wildman–Crippen LogP) is 2.48. The number of benzene rings is 1. The standard InChI is InChI=1S/C15H20ClN3O5S/c1-25(23,24)19-13-7-6-11(8-12(13)16)18-15(22)17-10-4-2-9(3-5-10)14(20)21/h6-10,19H,2-5H2,1H3,(H,20,21)(H2,17,18,22). The molecule has 0 spiro atoms. The summed E-state index contributed by atoms with van der Waals surface area (Å²) in [6, 6.07) is 3.93. The fourth-order valence-electron chi connectivity index (χ4n) is 2.71. The van der Waals surface area contributed by atoms with E-state index in [2.05, 4.69) is 15.4 Å². The van der Waals surface area contributed by atoms with E-state index in [4.69, 9.17) is 16.7 Å². The van der Waals surface area contributed by atoms with Crippen LogP contribution in [0.4, 0.5) is 16.2 Å². The van der Waals surface area contributed by atoms with E-state index in [-0.39, 0.29) is 22.7 Å². The highest BCUT2D eigenvalue weighted by atomic mass is 35.5. The lowest BCUT2D eigenvalue weighted by Crippen LogP contribution is -2.40. The zero-order valence-corrected chi connectivity index (χ0v) is 15.2. The van der Waals surface area contributed by atoms with E-state index in [0.29, 0.717) is 31.4 Å². The van der Waals surface area contributed by atoms with Gasteiger partial charge in [-0.1, -0.05) is 11.6 Å². The van der Waals surface area contributed by atoms with E-state index < -0.39 is 22.0 Å². The molecule has 4 N–H and O–H groups in total. The Balaban J connectivity index is 1.89. The predicted molar refractivity (Wildman–Crippen MR) is 95.5 cm³/mol. The van der Waals surface area contributed by atoms with Gasteiger partial charge in [-0.2, -0.15) is 0 Å². The van der Waals surface area contributed by atoms with Crippen molar-refractivity contribution in [1.29, 1.82) is 0 Å². The molecule has 2 rings (SSSR count). The Morgan fingerprint density at radius 3 is 2.36 bits per heavy atom. The third kappa shape index (κ3) is 6.09. The number of hydrogen-bond donors (Lipinski definition) is 4. The van der Waals surface area contributed by atoms with Crippen molar-refractivity contribution < 1.29 is 23.1 Å². The summed E-state index contributed by atoms with van der Waals surface area (Å²) in [5.74, 6) is -1.13. The Bertz CT molecular complexity index is 760. The van der Waals surface area contributed by atoms with E-state index in [1.54, 1.807) is 0 Å². The average Bonchev–Trinajstić information content (AvgIpc) is 2.49. The van der Waals surface area contributed by atoms with Crippen LogP contribution in [0.25, 0.3) is 0 Å². The second-order valence-corrected chi connectivity index (χ2v) is 8.21. The zero-order valence-electron chi connectivity index (χ0n) is 13.6. The number of carbonyl (C=O) groups excluding carboxylic acids is 1. The van der Waals surface area contributed by atoms with Gasteiger partial charge in [0.1, 0.15) is 0 Å². The number of sulfonamides is 1. The fourth-order valence-corrected chi connectivity index (χ4v) is 3.57. The van der Waals surface area contributed by atoms with Crippen LogP contribution >= 0.6 is 11.6 Å². The molecule has 1 aromatic rings. The highest BCUT2D eigenvalue weighted by Gasteiger charge is 2.26. The summed E-state index contributed by atoms with van der Waals surface area (Å²) in [5.41, 5.74) is 0.642. The molecule has 0 atom stereocenters. The minimum absolute atomic E-state index is 0.0720. The summed E-state index contributed by atoms with van der Waals surface area (Å²) in [6.07, 6.45) is 3.32. The van der Waals surface area contributed by atoms with E-state index in [1.165, 1.54) is 18.2 Å². The number of carboxylic acids is 1. The molecule has 0 saturated heterocycles. The molecule has 10 heteroatoms. The molecule has 1 fully saturated rings. The molecule has 1 aliphatic carbocycles. The Kier molecular flexibility index (Phi) is 6.12. The third-order valence-corrected chi connectivity index (χ3v) is 4.84. The van der Waals surface area contributed by atoms with Crippen LogP contribution in [0.5, 0.6) is 0 Å². The van der Waals surface area contributed by atoms with Gasteiger partial charge < -0.3 is 15.7 Å². The lowest BCUT2D eigenvalue weighted by molar-refractivity contribution is -0.142. The summed E-state index contributed by atoms with van der Waals surface area (Å²) in [7, 11) is -3.44. The maximum Gasteiger partial charge on any atom is 0.319 e. The molecule has 25 heavy (non-hydrogen) atoms. The van der Waals surface area contributed by atoms with E-state index >= 15 is 0 Å². The number of carbonyl (C=O) groups is 2. The molecule has 0 radical (unpaired) electrons. The largest absolute Gasteiger partial charge is 0.481 e. The van der Waals surface area contributed by atoms with Crippen LogP contribution in [0.1, 0.15) is 25.7 Å². The first-order chi connectivity index (χ1) is 11.6. The van der Waals surface area contributed by atoms with Gasteiger partial charge in [0.2, 0.25) is 10.0 Å². The monoisotopic (exact) mass is 389 g/mol. The molecule has 1 aromatic carbocycles. The Hall–Kier alpha value is -2.00. The summed E-state index contributed by atoms with van der Waals surface area (Å²) in [4.78, 5) is 22.9. The lowest BCUT2D eigenvalue weighted by Gasteiger charge is -2.26. The van der Waals surface area contributed by atoms with Gasteiger partial charge in [0.15, 0.2) is 0 Å². The van der Waals surface area contributed by atoms with Crippen molar-refractivity contribution in [3.05, 3.63) is 23.2 Å². The third-order valence-electron chi connectivity index (χ3n) is 3.93. The van der Waals surface area contributed by atoms with Gasteiger partial charge in [-0.25, -0.2) is 13.2 Å². The number of urea groups is 1. The topological polar surface area (TPSA) is 125 Å². The minimum atomic E-state index is -3.44. The van der Waals surface area contributed by atoms with Crippen molar-refractivity contribution >= 4 is 45.0 Å². The SMILES string of the molecule is CS(=O)(=O)Nc1ccc(NC(=O)NC2CCC(C(=O)O)CC2)cc1Cl. The van der Waals surface area contributed by atoms with Gasteiger partial charge in [0, 0.05) is 11.7 Å². The summed E-state index contributed by atoms with van der Waals surface area (Å²) in [6.45, 7) is 0. The molecule has 0 aromatic heterocycles. The minimum Gasteiger partial charge on any atom is -0.481 e. The number of halogens is 1. The van der Waals surface area contributed by atoms with E-state index in [0.717, 1.165) is 6.26 Å². The molecular formula is C15H20ClN3O5S. The molecule has 138 valence electrons. The molecule has 0 bridgehead atoms. The summed E-state index contributed by atoms with van der Waals surface area (Å²) in [5, 5.41) is 14.6. The van der Waals surface area contributed by atoms with Crippen LogP contribution in [0.15, 0.2) is 18.2 Å². The second kappa shape index (κ2) is 7.92. The van der Waals surface area contributed by atoms with Crippen LogP contribution in [-0.2, 0) is 14.8 Å². The number of rotatable bonds is 5. The molecule has 8 nitrogen and oxygen atoms in total. The smallest absolute Gasteiger partial charge is 0.319 e. The molecule has 2 amide bonds. The van der Waals surface area contributed by atoms with Crippen molar-refractivity contribution in [3.8, 4) is 0 Å². The van der Waals surface area contributed by atoms with Crippen molar-refractivity contribution in [2.24, 2.45) is 5.92 Å². The van der Waals surface area contributed by atoms with Crippen molar-refractivity contribution in [2.45, 2.75) is 31.7 Å². The first kappa shape index (κ1) is 19.3. The number of hydrogen-bond acceptors (Lipinski definition) is 4. The number of nitrogens with one attached hydrogen (secondary N) is 3. The van der Waals surface area contributed by atoms with Crippen LogP contribution in [0.3, 0.4) is 0 Å². The van der Waals surface area contributed by atoms with Crippen LogP contribution in [-0.4, -0.2) is 37.8 Å². The van der Waals surface area contributed by atoms with Gasteiger partial charge in [-0.15, -0.1) is 0 Å². The number of aliphatic carboxylic acids is 1. The number of amides is 2. The lowest BCUT2D eigenvalue weighted by atomic mass is 9.86. The maximum atomic E-state index is 12.0. The quantitative estimate of drug-likeness (QED) is 0.615. The van der Waals surface area contributed by atoms with Gasteiger partial charge >= 0.3 is 12.0 Å². The normalized spacial score (nSPS) is 20.6. The Labute approximate surface area is 151 Å². The van der Waals surface area contributed by atoms with E-state index in [1.807, 2.05) is 0 Å². The van der Waals surface area contributed by atoms with Gasteiger partial charge in [-0.3, -0.25) is 9.52 Å². The van der Waals surface area contributed by atoms with Gasteiger partial charge in [0.25, 0.3) is 0 Å².